The van der Waals surface area contributed by atoms with Gasteiger partial charge in [0.05, 0.1) is 17.4 Å². The Morgan fingerprint density at radius 2 is 2.08 bits per heavy atom. The van der Waals surface area contributed by atoms with E-state index in [0.29, 0.717) is 34.7 Å². The third-order valence-electron chi connectivity index (χ3n) is 3.81. The molecule has 1 atom stereocenters. The van der Waals surface area contributed by atoms with Gasteiger partial charge >= 0.3 is 0 Å². The third-order valence-corrected chi connectivity index (χ3v) is 4.04. The Morgan fingerprint density at radius 1 is 1.35 bits per heavy atom. The molecule has 0 spiro atoms. The van der Waals surface area contributed by atoms with E-state index in [1.165, 1.54) is 12.1 Å². The number of hydrogen-bond donors (Lipinski definition) is 2. The highest BCUT2D eigenvalue weighted by molar-refractivity contribution is 6.30. The summed E-state index contributed by atoms with van der Waals surface area (Å²) in [4.78, 5) is 16.7. The normalized spacial score (nSPS) is 12.7. The van der Waals surface area contributed by atoms with Crippen LogP contribution in [0.15, 0.2) is 36.5 Å². The Balaban J connectivity index is 2.04. The molecule has 26 heavy (non-hydrogen) atoms. The first-order valence-electron chi connectivity index (χ1n) is 8.54. The minimum Gasteiger partial charge on any atom is -0.393 e. The van der Waals surface area contributed by atoms with Crippen LogP contribution in [0.2, 0.25) is 5.02 Å². The molecule has 1 amide bonds. The predicted molar refractivity (Wildman–Crippen MR) is 101 cm³/mol. The Labute approximate surface area is 158 Å². The van der Waals surface area contributed by atoms with Gasteiger partial charge in [0, 0.05) is 23.2 Å². The van der Waals surface area contributed by atoms with E-state index in [1.807, 2.05) is 20.8 Å². The predicted octanol–water partition coefficient (Wildman–Crippen LogP) is 3.94. The molecule has 0 aliphatic rings. The fourth-order valence-corrected chi connectivity index (χ4v) is 2.79. The number of nitrogens with zero attached hydrogens (tertiary/aromatic N) is 1. The van der Waals surface area contributed by atoms with Gasteiger partial charge in [-0.15, -0.1) is 0 Å². The number of rotatable bonds is 6. The largest absolute Gasteiger partial charge is 0.393 e. The fraction of sp³-hybridized carbons (Fsp3) is 0.400. The molecule has 0 saturated heterocycles. The van der Waals surface area contributed by atoms with Crippen LogP contribution in [0, 0.1) is 5.82 Å². The number of pyridine rings is 1. The van der Waals surface area contributed by atoms with Crippen LogP contribution in [-0.2, 0) is 12.8 Å². The highest BCUT2D eigenvalue weighted by atomic mass is 35.5. The molecule has 2 rings (SSSR count). The zero-order chi connectivity index (χ0) is 19.3. The Morgan fingerprint density at radius 3 is 2.77 bits per heavy atom. The number of aryl methyl sites for hydroxylation is 1. The highest BCUT2D eigenvalue weighted by Gasteiger charge is 2.20. The first-order valence-corrected chi connectivity index (χ1v) is 8.92. The molecule has 1 aromatic heterocycles. The lowest BCUT2D eigenvalue weighted by Gasteiger charge is -2.21. The van der Waals surface area contributed by atoms with Gasteiger partial charge in [-0.2, -0.15) is 0 Å². The number of benzene rings is 1. The monoisotopic (exact) mass is 378 g/mol. The van der Waals surface area contributed by atoms with Crippen molar-refractivity contribution in [3.05, 3.63) is 64.2 Å². The number of amides is 1. The van der Waals surface area contributed by atoms with Gasteiger partial charge in [-0.1, -0.05) is 11.6 Å². The number of halogens is 2. The summed E-state index contributed by atoms with van der Waals surface area (Å²) >= 11 is 5.89. The molecule has 1 aromatic carbocycles. The van der Waals surface area contributed by atoms with E-state index in [0.717, 1.165) is 0 Å². The molecule has 140 valence electrons. The molecule has 0 aliphatic carbocycles. The Hall–Kier alpha value is -1.98. The number of carbonyl (C=O) groups excluding carboxylic acids is 1. The quantitative estimate of drug-likeness (QED) is 0.800. The summed E-state index contributed by atoms with van der Waals surface area (Å²) in [7, 11) is 0. The molecule has 0 aliphatic heterocycles. The second-order valence-corrected chi connectivity index (χ2v) is 7.77. The SMILES string of the molecule is CC(C)(C)NC(=O)c1cccnc1CC(O)CCc1cc(Cl)ccc1F. The maximum absolute atomic E-state index is 13.8. The number of aromatic nitrogens is 1. The zero-order valence-corrected chi connectivity index (χ0v) is 16.0. The van der Waals surface area contributed by atoms with Crippen LogP contribution in [0.4, 0.5) is 4.39 Å². The molecule has 0 saturated carbocycles. The molecule has 1 heterocycles. The third kappa shape index (κ3) is 6.07. The van der Waals surface area contributed by atoms with Crippen molar-refractivity contribution in [2.45, 2.75) is 51.7 Å². The smallest absolute Gasteiger partial charge is 0.253 e. The second kappa shape index (κ2) is 8.60. The molecule has 0 fully saturated rings. The summed E-state index contributed by atoms with van der Waals surface area (Å²) in [6, 6.07) is 7.75. The summed E-state index contributed by atoms with van der Waals surface area (Å²) in [5.41, 5.74) is 1.06. The average Bonchev–Trinajstić information content (AvgIpc) is 2.54. The summed E-state index contributed by atoms with van der Waals surface area (Å²) in [5.74, 6) is -0.571. The summed E-state index contributed by atoms with van der Waals surface area (Å²) in [6.45, 7) is 5.69. The van der Waals surface area contributed by atoms with Crippen molar-refractivity contribution in [2.24, 2.45) is 0 Å². The molecular formula is C20H24ClFN2O2. The first kappa shape index (κ1) is 20.3. The second-order valence-electron chi connectivity index (χ2n) is 7.33. The van der Waals surface area contributed by atoms with E-state index < -0.39 is 6.10 Å². The maximum Gasteiger partial charge on any atom is 0.253 e. The number of aliphatic hydroxyl groups is 1. The average molecular weight is 379 g/mol. The molecule has 6 heteroatoms. The van der Waals surface area contributed by atoms with Gasteiger partial charge in [-0.25, -0.2) is 4.39 Å². The van der Waals surface area contributed by atoms with E-state index in [2.05, 4.69) is 10.3 Å². The van der Waals surface area contributed by atoms with E-state index >= 15 is 0 Å². The van der Waals surface area contributed by atoms with Gasteiger partial charge < -0.3 is 10.4 Å². The standard InChI is InChI=1S/C20H24ClFN2O2/c1-20(2,3)24-19(26)16-5-4-10-23-18(16)12-15(25)8-6-13-11-14(21)7-9-17(13)22/h4-5,7,9-11,15,25H,6,8,12H2,1-3H3,(H,24,26). The van der Waals surface area contributed by atoms with Crippen molar-refractivity contribution in [3.8, 4) is 0 Å². The van der Waals surface area contributed by atoms with Crippen LogP contribution in [0.5, 0.6) is 0 Å². The van der Waals surface area contributed by atoms with Crippen molar-refractivity contribution in [1.29, 1.82) is 0 Å². The van der Waals surface area contributed by atoms with Crippen LogP contribution >= 0.6 is 11.6 Å². The Bertz CT molecular complexity index is 775. The van der Waals surface area contributed by atoms with Crippen LogP contribution in [0.25, 0.3) is 0 Å². The fourth-order valence-electron chi connectivity index (χ4n) is 2.60. The van der Waals surface area contributed by atoms with Crippen molar-refractivity contribution >= 4 is 17.5 Å². The summed E-state index contributed by atoms with van der Waals surface area (Å²) < 4.78 is 13.8. The number of carbonyl (C=O) groups is 1. The molecule has 1 unspecified atom stereocenters. The molecule has 0 bridgehead atoms. The number of aliphatic hydroxyl groups excluding tert-OH is 1. The lowest BCUT2D eigenvalue weighted by molar-refractivity contribution is 0.0917. The lowest BCUT2D eigenvalue weighted by atomic mass is 10.0. The molecular weight excluding hydrogens is 355 g/mol. The minimum atomic E-state index is -0.746. The van der Waals surface area contributed by atoms with Crippen molar-refractivity contribution in [1.82, 2.24) is 10.3 Å². The van der Waals surface area contributed by atoms with Gasteiger partial charge in [0.15, 0.2) is 0 Å². The van der Waals surface area contributed by atoms with Crippen molar-refractivity contribution in [3.63, 3.8) is 0 Å². The molecule has 2 aromatic rings. The van der Waals surface area contributed by atoms with E-state index in [1.54, 1.807) is 24.4 Å². The topological polar surface area (TPSA) is 62.2 Å². The highest BCUT2D eigenvalue weighted by Crippen LogP contribution is 2.18. The first-order chi connectivity index (χ1) is 12.2. The van der Waals surface area contributed by atoms with Crippen LogP contribution in [0.1, 0.15) is 48.8 Å². The van der Waals surface area contributed by atoms with Crippen LogP contribution in [-0.4, -0.2) is 27.6 Å². The van der Waals surface area contributed by atoms with Gasteiger partial charge in [0.25, 0.3) is 5.91 Å². The van der Waals surface area contributed by atoms with Crippen molar-refractivity contribution < 1.29 is 14.3 Å². The molecule has 2 N–H and O–H groups in total. The lowest BCUT2D eigenvalue weighted by Crippen LogP contribution is -2.41. The van der Waals surface area contributed by atoms with Crippen LogP contribution < -0.4 is 5.32 Å². The molecule has 4 nitrogen and oxygen atoms in total. The molecule has 0 radical (unpaired) electrons. The maximum atomic E-state index is 13.8. The minimum absolute atomic E-state index is 0.218. The van der Waals surface area contributed by atoms with Gasteiger partial charge in [-0.3, -0.25) is 9.78 Å². The summed E-state index contributed by atoms with van der Waals surface area (Å²) in [6.07, 6.45) is 1.75. The van der Waals surface area contributed by atoms with Crippen molar-refractivity contribution in [2.75, 3.05) is 0 Å². The van der Waals surface area contributed by atoms with Crippen LogP contribution in [0.3, 0.4) is 0 Å². The van der Waals surface area contributed by atoms with E-state index in [9.17, 15) is 14.3 Å². The van der Waals surface area contributed by atoms with E-state index in [-0.39, 0.29) is 23.7 Å². The number of nitrogens with one attached hydrogen (secondary N) is 1. The van der Waals surface area contributed by atoms with Gasteiger partial charge in [0.2, 0.25) is 0 Å². The van der Waals surface area contributed by atoms with E-state index in [4.69, 9.17) is 11.6 Å². The Kier molecular flexibility index (Phi) is 6.73. The zero-order valence-electron chi connectivity index (χ0n) is 15.2. The van der Waals surface area contributed by atoms with Gasteiger partial charge in [-0.05, 0) is 69.5 Å². The van der Waals surface area contributed by atoms with Gasteiger partial charge in [0.1, 0.15) is 5.82 Å². The summed E-state index contributed by atoms with van der Waals surface area (Å²) in [5, 5.41) is 13.7. The number of hydrogen-bond acceptors (Lipinski definition) is 3.